The van der Waals surface area contributed by atoms with E-state index in [9.17, 15) is 9.59 Å². The van der Waals surface area contributed by atoms with Gasteiger partial charge in [0.1, 0.15) is 11.5 Å². The van der Waals surface area contributed by atoms with Crippen molar-refractivity contribution in [3.63, 3.8) is 0 Å². The number of aromatic nitrogens is 2. The predicted octanol–water partition coefficient (Wildman–Crippen LogP) is 1.98. The van der Waals surface area contributed by atoms with Crippen molar-refractivity contribution in [1.82, 2.24) is 19.9 Å². The molecule has 1 unspecified atom stereocenters. The Morgan fingerprint density at radius 1 is 1.36 bits per heavy atom. The summed E-state index contributed by atoms with van der Waals surface area (Å²) in [7, 11) is 3.49. The molecule has 0 spiro atoms. The van der Waals surface area contributed by atoms with Gasteiger partial charge in [-0.25, -0.2) is 0 Å². The van der Waals surface area contributed by atoms with Crippen LogP contribution < -0.4 is 5.32 Å². The molecule has 3 heterocycles. The van der Waals surface area contributed by atoms with Gasteiger partial charge in [0.2, 0.25) is 5.91 Å². The topological polar surface area (TPSA) is 80.4 Å². The lowest BCUT2D eigenvalue weighted by atomic mass is 9.98. The van der Waals surface area contributed by atoms with Crippen molar-refractivity contribution in [1.29, 1.82) is 0 Å². The summed E-state index contributed by atoms with van der Waals surface area (Å²) in [6, 6.07) is 5.54. The minimum absolute atomic E-state index is 0.0161. The molecule has 25 heavy (non-hydrogen) atoms. The SMILES string of the molecule is CNC(=O)c1ccc(C2CCCCN2C(=O)Cc2cc(C)on2)n1C. The molecule has 1 N–H and O–H groups in total. The number of hydrogen-bond donors (Lipinski definition) is 1. The van der Waals surface area contributed by atoms with Crippen LogP contribution in [0.1, 0.15) is 52.9 Å². The first-order valence-electron chi connectivity index (χ1n) is 8.60. The first-order valence-corrected chi connectivity index (χ1v) is 8.60. The Labute approximate surface area is 147 Å². The van der Waals surface area contributed by atoms with Gasteiger partial charge in [0.15, 0.2) is 0 Å². The lowest BCUT2D eigenvalue weighted by Gasteiger charge is -2.36. The fourth-order valence-corrected chi connectivity index (χ4v) is 3.51. The maximum absolute atomic E-state index is 12.8. The Hall–Kier alpha value is -2.57. The zero-order valence-electron chi connectivity index (χ0n) is 14.9. The van der Waals surface area contributed by atoms with E-state index in [1.165, 1.54) is 0 Å². The lowest BCUT2D eigenvalue weighted by Crippen LogP contribution is -2.40. The van der Waals surface area contributed by atoms with Gasteiger partial charge in [0.05, 0.1) is 18.2 Å². The van der Waals surface area contributed by atoms with E-state index in [0.29, 0.717) is 17.1 Å². The highest BCUT2D eigenvalue weighted by Crippen LogP contribution is 2.32. The van der Waals surface area contributed by atoms with Crippen LogP contribution in [0.15, 0.2) is 22.7 Å². The maximum atomic E-state index is 12.8. The standard InChI is InChI=1S/C18H24N4O3/c1-12-10-13(20-25-12)11-17(23)22-9-5-4-6-15(22)14-7-8-16(21(14)3)18(24)19-2/h7-8,10,15H,4-6,9,11H2,1-3H3,(H,19,24). The highest BCUT2D eigenvalue weighted by atomic mass is 16.5. The number of amides is 2. The smallest absolute Gasteiger partial charge is 0.267 e. The molecule has 3 rings (SSSR count). The summed E-state index contributed by atoms with van der Waals surface area (Å²) in [5.41, 5.74) is 2.25. The highest BCUT2D eigenvalue weighted by molar-refractivity contribution is 5.92. The molecule has 7 nitrogen and oxygen atoms in total. The van der Waals surface area contributed by atoms with Gasteiger partial charge in [-0.05, 0) is 38.3 Å². The molecule has 0 bridgehead atoms. The average Bonchev–Trinajstić information content (AvgIpc) is 3.19. The van der Waals surface area contributed by atoms with Crippen LogP contribution in [-0.4, -0.2) is 40.0 Å². The summed E-state index contributed by atoms with van der Waals surface area (Å²) < 4.78 is 6.94. The van der Waals surface area contributed by atoms with Crippen molar-refractivity contribution in [2.45, 2.75) is 38.6 Å². The number of nitrogens with zero attached hydrogens (tertiary/aromatic N) is 3. The Morgan fingerprint density at radius 3 is 2.84 bits per heavy atom. The molecule has 1 saturated heterocycles. The molecule has 0 aliphatic carbocycles. The molecule has 134 valence electrons. The minimum Gasteiger partial charge on any atom is -0.361 e. The number of piperidine rings is 1. The van der Waals surface area contributed by atoms with E-state index in [1.807, 2.05) is 35.6 Å². The molecule has 0 radical (unpaired) electrons. The van der Waals surface area contributed by atoms with Crippen LogP contribution in [0.25, 0.3) is 0 Å². The molecule has 0 saturated carbocycles. The molecule has 2 aromatic heterocycles. The maximum Gasteiger partial charge on any atom is 0.267 e. The van der Waals surface area contributed by atoms with E-state index in [0.717, 1.165) is 31.5 Å². The van der Waals surface area contributed by atoms with Crippen LogP contribution in [0, 0.1) is 6.92 Å². The molecule has 2 aromatic rings. The quantitative estimate of drug-likeness (QED) is 0.920. The van der Waals surface area contributed by atoms with Crippen LogP contribution in [0.3, 0.4) is 0 Å². The van der Waals surface area contributed by atoms with Gasteiger partial charge in [-0.2, -0.15) is 0 Å². The third-order valence-electron chi connectivity index (χ3n) is 4.79. The number of aryl methyl sites for hydroxylation is 1. The molecule has 2 amide bonds. The van der Waals surface area contributed by atoms with E-state index < -0.39 is 0 Å². The molecule has 1 atom stereocenters. The van der Waals surface area contributed by atoms with Crippen LogP contribution in [0.4, 0.5) is 0 Å². The summed E-state index contributed by atoms with van der Waals surface area (Å²) in [6.45, 7) is 2.54. The Morgan fingerprint density at radius 2 is 2.16 bits per heavy atom. The van der Waals surface area contributed by atoms with E-state index in [4.69, 9.17) is 4.52 Å². The van der Waals surface area contributed by atoms with Gasteiger partial charge in [0, 0.05) is 32.4 Å². The summed E-state index contributed by atoms with van der Waals surface area (Å²) in [5, 5.41) is 6.57. The van der Waals surface area contributed by atoms with Gasteiger partial charge in [-0.3, -0.25) is 9.59 Å². The summed E-state index contributed by atoms with van der Waals surface area (Å²) in [5.74, 6) is 0.622. The van der Waals surface area contributed by atoms with E-state index in [1.54, 1.807) is 13.1 Å². The van der Waals surface area contributed by atoms with Crippen molar-refractivity contribution < 1.29 is 14.1 Å². The van der Waals surface area contributed by atoms with Gasteiger partial charge < -0.3 is 19.3 Å². The third kappa shape index (κ3) is 3.45. The van der Waals surface area contributed by atoms with E-state index in [2.05, 4.69) is 10.5 Å². The molecule has 1 aliphatic rings. The number of hydrogen-bond acceptors (Lipinski definition) is 4. The largest absolute Gasteiger partial charge is 0.361 e. The van der Waals surface area contributed by atoms with Crippen molar-refractivity contribution >= 4 is 11.8 Å². The summed E-state index contributed by atoms with van der Waals surface area (Å²) in [6.07, 6.45) is 3.19. The second-order valence-electron chi connectivity index (χ2n) is 6.49. The van der Waals surface area contributed by atoms with Gasteiger partial charge >= 0.3 is 0 Å². The zero-order valence-corrected chi connectivity index (χ0v) is 14.9. The normalized spacial score (nSPS) is 17.6. The fourth-order valence-electron chi connectivity index (χ4n) is 3.51. The van der Waals surface area contributed by atoms with Gasteiger partial charge in [-0.1, -0.05) is 5.16 Å². The first-order chi connectivity index (χ1) is 12.0. The van der Waals surface area contributed by atoms with Crippen LogP contribution >= 0.6 is 0 Å². The predicted molar refractivity (Wildman–Crippen MR) is 92.1 cm³/mol. The third-order valence-corrected chi connectivity index (χ3v) is 4.79. The summed E-state index contributed by atoms with van der Waals surface area (Å²) in [4.78, 5) is 26.7. The van der Waals surface area contributed by atoms with Crippen molar-refractivity contribution in [3.8, 4) is 0 Å². The van der Waals surface area contributed by atoms with E-state index in [-0.39, 0.29) is 24.3 Å². The second kappa shape index (κ2) is 7.13. The van der Waals surface area contributed by atoms with Gasteiger partial charge in [0.25, 0.3) is 5.91 Å². The number of carbonyl (C=O) groups is 2. The van der Waals surface area contributed by atoms with Crippen LogP contribution in [0.5, 0.6) is 0 Å². The van der Waals surface area contributed by atoms with E-state index >= 15 is 0 Å². The fraction of sp³-hybridized carbons (Fsp3) is 0.500. The Kier molecular flexibility index (Phi) is 4.92. The Bertz CT molecular complexity index is 777. The first kappa shape index (κ1) is 17.3. The van der Waals surface area contributed by atoms with Crippen LogP contribution in [-0.2, 0) is 18.3 Å². The molecule has 1 fully saturated rings. The molecule has 0 aromatic carbocycles. The molecular weight excluding hydrogens is 320 g/mol. The Balaban J connectivity index is 1.82. The highest BCUT2D eigenvalue weighted by Gasteiger charge is 2.30. The van der Waals surface area contributed by atoms with Crippen molar-refractivity contribution in [3.05, 3.63) is 41.0 Å². The van der Waals surface area contributed by atoms with Gasteiger partial charge in [-0.15, -0.1) is 0 Å². The molecular formula is C18H24N4O3. The van der Waals surface area contributed by atoms with Crippen molar-refractivity contribution in [2.24, 2.45) is 7.05 Å². The number of carbonyl (C=O) groups excluding carboxylic acids is 2. The number of likely N-dealkylation sites (tertiary alicyclic amines) is 1. The molecule has 7 heteroatoms. The second-order valence-corrected chi connectivity index (χ2v) is 6.49. The monoisotopic (exact) mass is 344 g/mol. The summed E-state index contributed by atoms with van der Waals surface area (Å²) >= 11 is 0. The van der Waals surface area contributed by atoms with Crippen LogP contribution in [0.2, 0.25) is 0 Å². The molecule has 1 aliphatic heterocycles. The average molecular weight is 344 g/mol. The van der Waals surface area contributed by atoms with Crippen molar-refractivity contribution in [2.75, 3.05) is 13.6 Å². The lowest BCUT2D eigenvalue weighted by molar-refractivity contribution is -0.134. The zero-order chi connectivity index (χ0) is 18.0. The minimum atomic E-state index is -0.125. The number of rotatable bonds is 4. The number of nitrogens with one attached hydrogen (secondary N) is 1.